The molecule has 18 heavy (non-hydrogen) atoms. The third-order valence-corrected chi connectivity index (χ3v) is 2.56. The Balaban J connectivity index is 2.53. The van der Waals surface area contributed by atoms with Gasteiger partial charge in [-0.3, -0.25) is 4.79 Å². The number of carbonyl (C=O) groups is 1. The van der Waals surface area contributed by atoms with Crippen LogP contribution in [0.15, 0.2) is 18.2 Å². The molecule has 100 valence electrons. The lowest BCUT2D eigenvalue weighted by atomic mass is 10.2. The second-order valence-corrected chi connectivity index (χ2v) is 4.06. The molecule has 0 radical (unpaired) electrons. The van der Waals surface area contributed by atoms with Crippen molar-refractivity contribution >= 4 is 11.6 Å². The predicted octanol–water partition coefficient (Wildman–Crippen LogP) is 2.33. The number of hydrogen-bond donors (Lipinski definition) is 2. The van der Waals surface area contributed by atoms with Crippen LogP contribution in [0.3, 0.4) is 0 Å². The number of rotatable bonds is 7. The van der Waals surface area contributed by atoms with Crippen molar-refractivity contribution in [2.75, 3.05) is 25.0 Å². The van der Waals surface area contributed by atoms with E-state index < -0.39 is 0 Å². The fourth-order valence-electron chi connectivity index (χ4n) is 1.62. The first-order chi connectivity index (χ1) is 8.67. The Morgan fingerprint density at radius 2 is 2.11 bits per heavy atom. The average molecular weight is 250 g/mol. The molecule has 0 aliphatic heterocycles. The Labute approximate surface area is 109 Å². The summed E-state index contributed by atoms with van der Waals surface area (Å²) in [4.78, 5) is 11.7. The molecule has 1 aromatic rings. The van der Waals surface area contributed by atoms with Crippen molar-refractivity contribution in [1.82, 2.24) is 5.32 Å². The molecular weight excluding hydrogens is 228 g/mol. The Morgan fingerprint density at radius 1 is 1.33 bits per heavy atom. The molecule has 2 N–H and O–H groups in total. The van der Waals surface area contributed by atoms with Gasteiger partial charge in [0, 0.05) is 18.7 Å². The second-order valence-electron chi connectivity index (χ2n) is 4.06. The van der Waals surface area contributed by atoms with Gasteiger partial charge in [-0.2, -0.15) is 0 Å². The fourth-order valence-corrected chi connectivity index (χ4v) is 1.62. The summed E-state index contributed by atoms with van der Waals surface area (Å²) in [6.07, 6.45) is 0.487. The zero-order valence-electron chi connectivity index (χ0n) is 11.4. The number of anilines is 1. The van der Waals surface area contributed by atoms with Crippen molar-refractivity contribution in [3.05, 3.63) is 23.8 Å². The van der Waals surface area contributed by atoms with Crippen LogP contribution in [0.4, 0.5) is 5.69 Å². The van der Waals surface area contributed by atoms with Gasteiger partial charge in [0.05, 0.1) is 6.61 Å². The highest BCUT2D eigenvalue weighted by Crippen LogP contribution is 2.21. The number of ether oxygens (including phenoxy) is 1. The van der Waals surface area contributed by atoms with E-state index in [9.17, 15) is 4.79 Å². The van der Waals surface area contributed by atoms with Crippen LogP contribution >= 0.6 is 0 Å². The van der Waals surface area contributed by atoms with E-state index in [0.29, 0.717) is 19.6 Å². The molecule has 0 heterocycles. The van der Waals surface area contributed by atoms with E-state index in [1.165, 1.54) is 0 Å². The lowest BCUT2D eigenvalue weighted by Gasteiger charge is -2.10. The van der Waals surface area contributed by atoms with E-state index >= 15 is 0 Å². The molecule has 0 saturated heterocycles. The molecule has 0 atom stereocenters. The van der Waals surface area contributed by atoms with Crippen LogP contribution in [0, 0.1) is 6.92 Å². The molecule has 1 rings (SSSR count). The summed E-state index contributed by atoms with van der Waals surface area (Å²) in [7, 11) is 0. The van der Waals surface area contributed by atoms with Crippen LogP contribution < -0.4 is 15.4 Å². The van der Waals surface area contributed by atoms with E-state index in [1.54, 1.807) is 0 Å². The van der Waals surface area contributed by atoms with E-state index in [2.05, 4.69) is 10.6 Å². The number of nitrogens with one attached hydrogen (secondary N) is 2. The monoisotopic (exact) mass is 250 g/mol. The van der Waals surface area contributed by atoms with E-state index in [-0.39, 0.29) is 5.91 Å². The van der Waals surface area contributed by atoms with Crippen LogP contribution in [0.2, 0.25) is 0 Å². The number of aryl methyl sites for hydroxylation is 1. The standard InChI is InChI=1S/C14H22N2O2/c1-4-15-9-8-14(17)16-13-7-6-12(18-5-2)10-11(13)3/h6-7,10,15H,4-5,8-9H2,1-3H3,(H,16,17). The Kier molecular flexibility index (Phi) is 6.22. The van der Waals surface area contributed by atoms with Gasteiger partial charge in [0.1, 0.15) is 5.75 Å². The first kappa shape index (κ1) is 14.5. The van der Waals surface area contributed by atoms with Gasteiger partial charge in [0.2, 0.25) is 5.91 Å². The largest absolute Gasteiger partial charge is 0.494 e. The molecule has 1 amide bonds. The molecule has 0 saturated carbocycles. The zero-order chi connectivity index (χ0) is 13.4. The smallest absolute Gasteiger partial charge is 0.225 e. The summed E-state index contributed by atoms with van der Waals surface area (Å²) in [5.41, 5.74) is 1.86. The van der Waals surface area contributed by atoms with Crippen molar-refractivity contribution in [1.29, 1.82) is 0 Å². The fraction of sp³-hybridized carbons (Fsp3) is 0.500. The van der Waals surface area contributed by atoms with Crippen LogP contribution in [0.5, 0.6) is 5.75 Å². The van der Waals surface area contributed by atoms with Crippen LogP contribution in [0.1, 0.15) is 25.8 Å². The van der Waals surface area contributed by atoms with Gasteiger partial charge in [0.15, 0.2) is 0 Å². The molecule has 0 aliphatic carbocycles. The number of carbonyl (C=O) groups excluding carboxylic acids is 1. The number of benzene rings is 1. The molecule has 0 fully saturated rings. The molecule has 0 aliphatic rings. The highest BCUT2D eigenvalue weighted by molar-refractivity contribution is 5.91. The van der Waals surface area contributed by atoms with Gasteiger partial charge < -0.3 is 15.4 Å². The highest BCUT2D eigenvalue weighted by atomic mass is 16.5. The summed E-state index contributed by atoms with van der Waals surface area (Å²) in [6.45, 7) is 8.17. The van der Waals surface area contributed by atoms with Gasteiger partial charge in [-0.1, -0.05) is 6.92 Å². The quantitative estimate of drug-likeness (QED) is 0.730. The second kappa shape index (κ2) is 7.71. The average Bonchev–Trinajstić information content (AvgIpc) is 2.33. The maximum atomic E-state index is 11.7. The molecule has 0 aromatic heterocycles. The molecule has 0 spiro atoms. The van der Waals surface area contributed by atoms with Crippen molar-refractivity contribution in [2.24, 2.45) is 0 Å². The molecule has 1 aromatic carbocycles. The summed E-state index contributed by atoms with van der Waals surface area (Å²) in [5.74, 6) is 0.865. The Morgan fingerprint density at radius 3 is 2.72 bits per heavy atom. The first-order valence-corrected chi connectivity index (χ1v) is 6.41. The van der Waals surface area contributed by atoms with Gasteiger partial charge in [-0.05, 0) is 44.2 Å². The maximum absolute atomic E-state index is 11.7. The minimum atomic E-state index is 0.0307. The minimum Gasteiger partial charge on any atom is -0.494 e. The lowest BCUT2D eigenvalue weighted by Crippen LogP contribution is -2.21. The summed E-state index contributed by atoms with van der Waals surface area (Å²) in [5, 5.41) is 6.03. The van der Waals surface area contributed by atoms with Gasteiger partial charge in [-0.15, -0.1) is 0 Å². The van der Waals surface area contributed by atoms with Gasteiger partial charge in [0.25, 0.3) is 0 Å². The maximum Gasteiger partial charge on any atom is 0.225 e. The third kappa shape index (κ3) is 4.75. The van der Waals surface area contributed by atoms with E-state index in [4.69, 9.17) is 4.74 Å². The normalized spacial score (nSPS) is 10.2. The Hall–Kier alpha value is -1.55. The summed E-state index contributed by atoms with van der Waals surface area (Å²) in [6, 6.07) is 5.69. The molecular formula is C14H22N2O2. The first-order valence-electron chi connectivity index (χ1n) is 6.41. The van der Waals surface area contributed by atoms with E-state index in [1.807, 2.05) is 39.0 Å². The van der Waals surface area contributed by atoms with Crippen LogP contribution in [-0.4, -0.2) is 25.6 Å². The third-order valence-electron chi connectivity index (χ3n) is 2.56. The highest BCUT2D eigenvalue weighted by Gasteiger charge is 2.05. The molecule has 0 unspecified atom stereocenters. The molecule has 4 nitrogen and oxygen atoms in total. The number of amides is 1. The zero-order valence-corrected chi connectivity index (χ0v) is 11.4. The number of hydrogen-bond acceptors (Lipinski definition) is 3. The van der Waals surface area contributed by atoms with Crippen molar-refractivity contribution in [2.45, 2.75) is 27.2 Å². The van der Waals surface area contributed by atoms with Gasteiger partial charge >= 0.3 is 0 Å². The van der Waals surface area contributed by atoms with Gasteiger partial charge in [-0.25, -0.2) is 0 Å². The minimum absolute atomic E-state index is 0.0307. The molecule has 0 bridgehead atoms. The lowest BCUT2D eigenvalue weighted by molar-refractivity contribution is -0.116. The van der Waals surface area contributed by atoms with E-state index in [0.717, 1.165) is 23.5 Å². The van der Waals surface area contributed by atoms with Crippen molar-refractivity contribution < 1.29 is 9.53 Å². The van der Waals surface area contributed by atoms with Crippen molar-refractivity contribution in [3.63, 3.8) is 0 Å². The molecule has 4 heteroatoms. The Bertz CT molecular complexity index is 391. The predicted molar refractivity (Wildman–Crippen MR) is 74.1 cm³/mol. The van der Waals surface area contributed by atoms with Crippen LogP contribution in [-0.2, 0) is 4.79 Å². The summed E-state index contributed by atoms with van der Waals surface area (Å²) < 4.78 is 5.40. The van der Waals surface area contributed by atoms with Crippen LogP contribution in [0.25, 0.3) is 0 Å². The SMILES string of the molecule is CCNCCC(=O)Nc1ccc(OCC)cc1C. The topological polar surface area (TPSA) is 50.4 Å². The van der Waals surface area contributed by atoms with Crippen molar-refractivity contribution in [3.8, 4) is 5.75 Å². The summed E-state index contributed by atoms with van der Waals surface area (Å²) >= 11 is 0.